The summed E-state index contributed by atoms with van der Waals surface area (Å²) < 4.78 is 5.64. The normalized spacial score (nSPS) is 11.8. The van der Waals surface area contributed by atoms with E-state index >= 15 is 0 Å². The van der Waals surface area contributed by atoms with Gasteiger partial charge in [0.05, 0.1) is 12.1 Å². The zero-order chi connectivity index (χ0) is 19.1. The molecule has 2 N–H and O–H groups in total. The summed E-state index contributed by atoms with van der Waals surface area (Å²) in [4.78, 5) is 18.4. The maximum atomic E-state index is 12.2. The molecule has 0 saturated carbocycles. The number of urea groups is 1. The Kier molecular flexibility index (Phi) is 6.83. The van der Waals surface area contributed by atoms with Gasteiger partial charge >= 0.3 is 6.03 Å². The fourth-order valence-electron chi connectivity index (χ4n) is 2.44. The highest BCUT2D eigenvalue weighted by atomic mass is 16.5. The van der Waals surface area contributed by atoms with Gasteiger partial charge in [-0.25, -0.2) is 9.78 Å². The van der Waals surface area contributed by atoms with Gasteiger partial charge in [0.1, 0.15) is 11.6 Å². The molecule has 2 aromatic rings. The molecule has 0 saturated heterocycles. The molecule has 0 aliphatic rings. The number of anilines is 1. The van der Waals surface area contributed by atoms with Crippen molar-refractivity contribution >= 4 is 11.8 Å². The van der Waals surface area contributed by atoms with Gasteiger partial charge in [-0.1, -0.05) is 12.1 Å². The van der Waals surface area contributed by atoms with Crippen LogP contribution in [0.2, 0.25) is 0 Å². The SMILES string of the molecule is CC(C)Oc1ccc(C(C)NC(=O)NCc2ccnc(N(C)C)c2)cc1. The highest BCUT2D eigenvalue weighted by molar-refractivity contribution is 5.74. The number of carbonyl (C=O) groups is 1. The molecule has 1 aromatic carbocycles. The molecule has 1 aromatic heterocycles. The number of nitrogens with zero attached hydrogens (tertiary/aromatic N) is 2. The van der Waals surface area contributed by atoms with Crippen molar-refractivity contribution in [3.8, 4) is 5.75 Å². The smallest absolute Gasteiger partial charge is 0.315 e. The number of carbonyl (C=O) groups excluding carboxylic acids is 1. The Morgan fingerprint density at radius 3 is 2.46 bits per heavy atom. The molecule has 140 valence electrons. The number of rotatable bonds is 7. The first-order valence-corrected chi connectivity index (χ1v) is 8.78. The van der Waals surface area contributed by atoms with Crippen molar-refractivity contribution in [3.05, 3.63) is 53.7 Å². The quantitative estimate of drug-likeness (QED) is 0.797. The zero-order valence-corrected chi connectivity index (χ0v) is 16.1. The molecule has 0 fully saturated rings. The summed E-state index contributed by atoms with van der Waals surface area (Å²) in [7, 11) is 3.87. The van der Waals surface area contributed by atoms with Gasteiger partial charge in [0.25, 0.3) is 0 Å². The summed E-state index contributed by atoms with van der Waals surface area (Å²) in [5.41, 5.74) is 2.02. The summed E-state index contributed by atoms with van der Waals surface area (Å²) in [5, 5.41) is 5.83. The maximum Gasteiger partial charge on any atom is 0.315 e. The predicted molar refractivity (Wildman–Crippen MR) is 105 cm³/mol. The van der Waals surface area contributed by atoms with Crippen molar-refractivity contribution in [1.29, 1.82) is 0 Å². The second kappa shape index (κ2) is 9.08. The minimum absolute atomic E-state index is 0.0992. The van der Waals surface area contributed by atoms with Gasteiger partial charge in [-0.05, 0) is 56.2 Å². The van der Waals surface area contributed by atoms with E-state index < -0.39 is 0 Å². The first-order valence-electron chi connectivity index (χ1n) is 8.78. The molecular weight excluding hydrogens is 328 g/mol. The van der Waals surface area contributed by atoms with Crippen molar-refractivity contribution in [2.45, 2.75) is 39.5 Å². The van der Waals surface area contributed by atoms with E-state index in [1.807, 2.05) is 76.2 Å². The van der Waals surface area contributed by atoms with Gasteiger partial charge < -0.3 is 20.3 Å². The fraction of sp³-hybridized carbons (Fsp3) is 0.400. The van der Waals surface area contributed by atoms with Crippen LogP contribution in [0, 0.1) is 0 Å². The van der Waals surface area contributed by atoms with Gasteiger partial charge in [0.2, 0.25) is 0 Å². The molecule has 0 aliphatic heterocycles. The third-order valence-electron chi connectivity index (χ3n) is 3.82. The minimum Gasteiger partial charge on any atom is -0.491 e. The second-order valence-electron chi connectivity index (χ2n) is 6.70. The zero-order valence-electron chi connectivity index (χ0n) is 16.1. The summed E-state index contributed by atoms with van der Waals surface area (Å²) in [6.45, 7) is 6.39. The van der Waals surface area contributed by atoms with Crippen molar-refractivity contribution in [2.24, 2.45) is 0 Å². The Bertz CT molecular complexity index is 714. The molecule has 1 heterocycles. The lowest BCUT2D eigenvalue weighted by Gasteiger charge is -2.17. The average molecular weight is 356 g/mol. The molecule has 0 bridgehead atoms. The molecule has 0 spiro atoms. The number of aromatic nitrogens is 1. The number of amides is 2. The molecule has 1 unspecified atom stereocenters. The number of hydrogen-bond acceptors (Lipinski definition) is 4. The Labute approximate surface area is 155 Å². The van der Waals surface area contributed by atoms with E-state index in [0.717, 1.165) is 22.7 Å². The third kappa shape index (κ3) is 5.95. The lowest BCUT2D eigenvalue weighted by molar-refractivity contribution is 0.237. The Morgan fingerprint density at radius 1 is 1.15 bits per heavy atom. The van der Waals surface area contributed by atoms with Crippen LogP contribution in [-0.4, -0.2) is 31.2 Å². The number of nitrogens with one attached hydrogen (secondary N) is 2. The van der Waals surface area contributed by atoms with E-state index in [2.05, 4.69) is 15.6 Å². The topological polar surface area (TPSA) is 66.5 Å². The summed E-state index contributed by atoms with van der Waals surface area (Å²) in [5.74, 6) is 1.69. The number of benzene rings is 1. The van der Waals surface area contributed by atoms with Gasteiger partial charge in [-0.3, -0.25) is 0 Å². The summed E-state index contributed by atoms with van der Waals surface area (Å²) >= 11 is 0. The van der Waals surface area contributed by atoms with Crippen molar-refractivity contribution in [2.75, 3.05) is 19.0 Å². The Hall–Kier alpha value is -2.76. The summed E-state index contributed by atoms with van der Waals surface area (Å²) in [6, 6.07) is 11.3. The average Bonchev–Trinajstić information content (AvgIpc) is 2.60. The lowest BCUT2D eigenvalue weighted by Crippen LogP contribution is -2.36. The fourth-order valence-corrected chi connectivity index (χ4v) is 2.44. The highest BCUT2D eigenvalue weighted by Gasteiger charge is 2.10. The first kappa shape index (κ1) is 19.6. The predicted octanol–water partition coefficient (Wildman–Crippen LogP) is 3.50. The molecular formula is C20H28N4O2. The van der Waals surface area contributed by atoms with Crippen LogP contribution in [0.25, 0.3) is 0 Å². The van der Waals surface area contributed by atoms with Gasteiger partial charge in [-0.15, -0.1) is 0 Å². The third-order valence-corrected chi connectivity index (χ3v) is 3.82. The standard InChI is InChI=1S/C20H28N4O2/c1-14(2)26-18-8-6-17(7-9-18)15(3)23-20(25)22-13-16-10-11-21-19(12-16)24(4)5/h6-12,14-15H,13H2,1-5H3,(H2,22,23,25). The maximum absolute atomic E-state index is 12.2. The molecule has 26 heavy (non-hydrogen) atoms. The van der Waals surface area contributed by atoms with E-state index in [0.29, 0.717) is 6.54 Å². The largest absolute Gasteiger partial charge is 0.491 e. The minimum atomic E-state index is -0.205. The number of ether oxygens (including phenoxy) is 1. The van der Waals surface area contributed by atoms with Crippen LogP contribution >= 0.6 is 0 Å². The van der Waals surface area contributed by atoms with E-state index in [9.17, 15) is 4.79 Å². The highest BCUT2D eigenvalue weighted by Crippen LogP contribution is 2.18. The van der Waals surface area contributed by atoms with E-state index in [1.165, 1.54) is 0 Å². The first-order chi connectivity index (χ1) is 12.3. The van der Waals surface area contributed by atoms with Gasteiger partial charge in [0, 0.05) is 26.8 Å². The Morgan fingerprint density at radius 2 is 1.85 bits per heavy atom. The second-order valence-corrected chi connectivity index (χ2v) is 6.70. The van der Waals surface area contributed by atoms with E-state index in [1.54, 1.807) is 6.20 Å². The molecule has 2 rings (SSSR count). The van der Waals surface area contributed by atoms with Crippen LogP contribution in [0.1, 0.15) is 37.9 Å². The van der Waals surface area contributed by atoms with Gasteiger partial charge in [0.15, 0.2) is 0 Å². The molecule has 0 radical (unpaired) electrons. The molecule has 1 atom stereocenters. The number of pyridine rings is 1. The monoisotopic (exact) mass is 356 g/mol. The molecule has 6 heteroatoms. The molecule has 2 amide bonds. The van der Waals surface area contributed by atoms with Crippen molar-refractivity contribution < 1.29 is 9.53 Å². The van der Waals surface area contributed by atoms with Crippen molar-refractivity contribution in [3.63, 3.8) is 0 Å². The number of hydrogen-bond donors (Lipinski definition) is 2. The van der Waals surface area contributed by atoms with E-state index in [4.69, 9.17) is 4.74 Å². The lowest BCUT2D eigenvalue weighted by atomic mass is 10.1. The van der Waals surface area contributed by atoms with Crippen LogP contribution in [0.5, 0.6) is 5.75 Å². The van der Waals surface area contributed by atoms with Crippen LogP contribution in [0.15, 0.2) is 42.6 Å². The van der Waals surface area contributed by atoms with Crippen LogP contribution < -0.4 is 20.3 Å². The van der Waals surface area contributed by atoms with E-state index in [-0.39, 0.29) is 18.2 Å². The summed E-state index contributed by atoms with van der Waals surface area (Å²) in [6.07, 6.45) is 1.89. The van der Waals surface area contributed by atoms with Crippen molar-refractivity contribution in [1.82, 2.24) is 15.6 Å². The van der Waals surface area contributed by atoms with Crippen LogP contribution in [-0.2, 0) is 6.54 Å². The molecule has 0 aliphatic carbocycles. The Balaban J connectivity index is 1.86. The van der Waals surface area contributed by atoms with Crippen LogP contribution in [0.3, 0.4) is 0 Å². The van der Waals surface area contributed by atoms with Crippen LogP contribution in [0.4, 0.5) is 10.6 Å². The molecule has 6 nitrogen and oxygen atoms in total. The van der Waals surface area contributed by atoms with Gasteiger partial charge in [-0.2, -0.15) is 0 Å².